The van der Waals surface area contributed by atoms with Crippen molar-refractivity contribution < 1.29 is 16.8 Å². The smallest absolute Gasteiger partial charge is 0.151 e. The Labute approximate surface area is 87.7 Å². The average molecular weight is 293 g/mol. The molecular formula is C6H13BrO4S2. The lowest BCUT2D eigenvalue weighted by molar-refractivity contribution is 0.589. The van der Waals surface area contributed by atoms with Gasteiger partial charge in [0.15, 0.2) is 9.84 Å². The SMILES string of the molecule is CS(=O)(=O)CCS(=O)(=O)CCCBr. The Morgan fingerprint density at radius 1 is 1.00 bits per heavy atom. The van der Waals surface area contributed by atoms with Crippen molar-refractivity contribution in [1.82, 2.24) is 0 Å². The van der Waals surface area contributed by atoms with Crippen molar-refractivity contribution in [3.05, 3.63) is 0 Å². The van der Waals surface area contributed by atoms with Crippen LogP contribution in [-0.2, 0) is 19.7 Å². The quantitative estimate of drug-likeness (QED) is 0.657. The largest absolute Gasteiger partial charge is 0.229 e. The molecule has 0 aliphatic carbocycles. The summed E-state index contributed by atoms with van der Waals surface area (Å²) in [7, 11) is -6.36. The fourth-order valence-electron chi connectivity index (χ4n) is 0.655. The highest BCUT2D eigenvalue weighted by Gasteiger charge is 2.13. The first-order chi connectivity index (χ1) is 5.77. The summed E-state index contributed by atoms with van der Waals surface area (Å²) < 4.78 is 43.7. The molecular weight excluding hydrogens is 280 g/mol. The molecule has 0 bridgehead atoms. The molecule has 0 aromatic heterocycles. The van der Waals surface area contributed by atoms with Crippen LogP contribution in [0.3, 0.4) is 0 Å². The summed E-state index contributed by atoms with van der Waals surface area (Å²) in [6.45, 7) is 0. The molecule has 0 aromatic rings. The molecule has 80 valence electrons. The van der Waals surface area contributed by atoms with Gasteiger partial charge in [-0.15, -0.1) is 0 Å². The summed E-state index contributed by atoms with van der Waals surface area (Å²) in [6.07, 6.45) is 1.55. The van der Waals surface area contributed by atoms with Crippen LogP contribution in [0.25, 0.3) is 0 Å². The zero-order valence-corrected chi connectivity index (χ0v) is 10.6. The molecule has 0 saturated heterocycles. The molecule has 13 heavy (non-hydrogen) atoms. The van der Waals surface area contributed by atoms with Crippen molar-refractivity contribution in [2.45, 2.75) is 6.42 Å². The minimum Gasteiger partial charge on any atom is -0.229 e. The molecule has 0 fully saturated rings. The first kappa shape index (κ1) is 13.4. The van der Waals surface area contributed by atoms with Gasteiger partial charge in [0.25, 0.3) is 0 Å². The molecule has 0 N–H and O–H groups in total. The average Bonchev–Trinajstić information content (AvgIpc) is 1.97. The van der Waals surface area contributed by atoms with E-state index in [4.69, 9.17) is 0 Å². The van der Waals surface area contributed by atoms with E-state index in [0.29, 0.717) is 11.8 Å². The first-order valence-corrected chi connectivity index (χ1v) is 8.71. The van der Waals surface area contributed by atoms with Crippen LogP contribution >= 0.6 is 15.9 Å². The maximum absolute atomic E-state index is 11.2. The van der Waals surface area contributed by atoms with Crippen molar-refractivity contribution in [3.8, 4) is 0 Å². The van der Waals surface area contributed by atoms with Crippen molar-refractivity contribution in [3.63, 3.8) is 0 Å². The molecule has 0 amide bonds. The number of hydrogen-bond donors (Lipinski definition) is 0. The van der Waals surface area contributed by atoms with Gasteiger partial charge in [0.2, 0.25) is 0 Å². The van der Waals surface area contributed by atoms with Gasteiger partial charge >= 0.3 is 0 Å². The van der Waals surface area contributed by atoms with Crippen LogP contribution in [0.5, 0.6) is 0 Å². The molecule has 0 aromatic carbocycles. The number of hydrogen-bond acceptors (Lipinski definition) is 4. The number of halogens is 1. The van der Waals surface area contributed by atoms with Crippen LogP contribution in [0.15, 0.2) is 0 Å². The van der Waals surface area contributed by atoms with Gasteiger partial charge in [-0.25, -0.2) is 16.8 Å². The molecule has 0 rings (SSSR count). The van der Waals surface area contributed by atoms with Gasteiger partial charge in [0.05, 0.1) is 17.3 Å². The Hall–Kier alpha value is 0.380. The zero-order valence-electron chi connectivity index (χ0n) is 7.36. The van der Waals surface area contributed by atoms with Crippen LogP contribution in [0.2, 0.25) is 0 Å². The van der Waals surface area contributed by atoms with Gasteiger partial charge in [-0.3, -0.25) is 0 Å². The van der Waals surface area contributed by atoms with Crippen LogP contribution in [0.1, 0.15) is 6.42 Å². The lowest BCUT2D eigenvalue weighted by Crippen LogP contribution is -2.18. The van der Waals surface area contributed by atoms with E-state index in [2.05, 4.69) is 15.9 Å². The Bertz CT molecular complexity index is 330. The van der Waals surface area contributed by atoms with E-state index in [1.807, 2.05) is 0 Å². The number of sulfone groups is 2. The van der Waals surface area contributed by atoms with Gasteiger partial charge in [0, 0.05) is 11.6 Å². The van der Waals surface area contributed by atoms with Gasteiger partial charge < -0.3 is 0 Å². The summed E-state index contributed by atoms with van der Waals surface area (Å²) in [6, 6.07) is 0. The maximum Gasteiger partial charge on any atom is 0.151 e. The van der Waals surface area contributed by atoms with Crippen LogP contribution < -0.4 is 0 Å². The van der Waals surface area contributed by atoms with E-state index >= 15 is 0 Å². The molecule has 0 saturated carbocycles. The molecule has 0 aliphatic heterocycles. The fourth-order valence-corrected chi connectivity index (χ4v) is 4.32. The highest BCUT2D eigenvalue weighted by atomic mass is 79.9. The van der Waals surface area contributed by atoms with Crippen molar-refractivity contribution in [2.24, 2.45) is 0 Å². The Balaban J connectivity index is 4.05. The summed E-state index contributed by atoms with van der Waals surface area (Å²) in [5.74, 6) is -0.496. The van der Waals surface area contributed by atoms with Crippen molar-refractivity contribution in [1.29, 1.82) is 0 Å². The molecule has 0 radical (unpaired) electrons. The zero-order chi connectivity index (χ0) is 10.5. The second-order valence-corrected chi connectivity index (χ2v) is 8.18. The predicted molar refractivity (Wildman–Crippen MR) is 56.8 cm³/mol. The third kappa shape index (κ3) is 8.70. The standard InChI is InChI=1S/C6H13BrO4S2/c1-12(8,9)5-6-13(10,11)4-2-3-7/h2-6H2,1H3. The summed E-state index contributed by atoms with van der Waals surface area (Å²) >= 11 is 3.11. The number of alkyl halides is 1. The lowest BCUT2D eigenvalue weighted by Gasteiger charge is -2.01. The van der Waals surface area contributed by atoms with Gasteiger partial charge in [-0.05, 0) is 6.42 Å². The monoisotopic (exact) mass is 292 g/mol. The highest BCUT2D eigenvalue weighted by molar-refractivity contribution is 9.09. The molecule has 0 atom stereocenters. The maximum atomic E-state index is 11.2. The van der Waals surface area contributed by atoms with Crippen molar-refractivity contribution >= 4 is 35.6 Å². The van der Waals surface area contributed by atoms with Crippen molar-refractivity contribution in [2.75, 3.05) is 28.8 Å². The topological polar surface area (TPSA) is 68.3 Å². The lowest BCUT2D eigenvalue weighted by atomic mass is 10.6. The van der Waals surface area contributed by atoms with Crippen LogP contribution in [0, 0.1) is 0 Å². The minimum atomic E-state index is -3.19. The fraction of sp³-hybridized carbons (Fsp3) is 1.00. The van der Waals surface area contributed by atoms with Crippen LogP contribution in [-0.4, -0.2) is 45.7 Å². The third-order valence-corrected chi connectivity index (χ3v) is 4.86. The van der Waals surface area contributed by atoms with E-state index in [-0.39, 0.29) is 17.3 Å². The van der Waals surface area contributed by atoms with E-state index < -0.39 is 19.7 Å². The second-order valence-electron chi connectivity index (χ2n) is 2.82. The Morgan fingerprint density at radius 2 is 1.54 bits per heavy atom. The molecule has 0 aliphatic rings. The first-order valence-electron chi connectivity index (χ1n) is 3.71. The molecule has 7 heteroatoms. The summed E-state index contributed by atoms with van der Waals surface area (Å²) in [4.78, 5) is 0. The van der Waals surface area contributed by atoms with E-state index in [9.17, 15) is 16.8 Å². The second kappa shape index (κ2) is 5.31. The molecule has 0 unspecified atom stereocenters. The Kier molecular flexibility index (Phi) is 5.46. The van der Waals surface area contributed by atoms with E-state index in [0.717, 1.165) is 6.26 Å². The van der Waals surface area contributed by atoms with Gasteiger partial charge in [0.1, 0.15) is 9.84 Å². The number of rotatable bonds is 6. The van der Waals surface area contributed by atoms with Gasteiger partial charge in [-0.2, -0.15) is 0 Å². The molecule has 0 spiro atoms. The highest BCUT2D eigenvalue weighted by Crippen LogP contribution is 1.98. The van der Waals surface area contributed by atoms with Gasteiger partial charge in [-0.1, -0.05) is 15.9 Å². The Morgan fingerprint density at radius 3 is 1.92 bits per heavy atom. The van der Waals surface area contributed by atoms with E-state index in [1.54, 1.807) is 0 Å². The predicted octanol–water partition coefficient (Wildman–Crippen LogP) is 0.231. The minimum absolute atomic E-state index is 0.0494. The normalized spacial score (nSPS) is 13.1. The molecule has 0 heterocycles. The summed E-state index contributed by atoms with van der Waals surface area (Å²) in [5.41, 5.74) is 0. The van der Waals surface area contributed by atoms with Crippen LogP contribution in [0.4, 0.5) is 0 Å². The summed E-state index contributed by atoms with van der Waals surface area (Å²) in [5, 5.41) is 0.616. The molecule has 4 nitrogen and oxygen atoms in total. The van der Waals surface area contributed by atoms with E-state index in [1.165, 1.54) is 0 Å². The third-order valence-electron chi connectivity index (χ3n) is 1.35.